The van der Waals surface area contributed by atoms with Crippen molar-refractivity contribution in [1.29, 1.82) is 0 Å². The fraction of sp³-hybridized carbons (Fsp3) is 0.278. The molecule has 1 N–H and O–H groups in total. The normalized spacial score (nSPS) is 21.5. The first-order valence-electron chi connectivity index (χ1n) is 7.84. The molecule has 0 aliphatic carbocycles. The third-order valence-electron chi connectivity index (χ3n) is 4.01. The molecule has 25 heavy (non-hydrogen) atoms. The molecule has 3 rings (SSSR count). The third-order valence-corrected chi connectivity index (χ3v) is 5.71. The number of carbonyl (C=O) groups is 1. The molecule has 0 amide bonds. The number of nitrogens with one attached hydrogen (secondary N) is 1. The van der Waals surface area contributed by atoms with Gasteiger partial charge < -0.3 is 14.8 Å². The Morgan fingerprint density at radius 3 is 2.36 bits per heavy atom. The zero-order valence-electron chi connectivity index (χ0n) is 13.7. The molecule has 0 spiro atoms. The van der Waals surface area contributed by atoms with Crippen LogP contribution in [-0.2, 0) is 14.6 Å². The van der Waals surface area contributed by atoms with Gasteiger partial charge in [0.1, 0.15) is 11.9 Å². The molecular weight excluding hydrogens is 342 g/mol. The van der Waals surface area contributed by atoms with Gasteiger partial charge in [-0.05, 0) is 36.4 Å². The van der Waals surface area contributed by atoms with Gasteiger partial charge in [-0.25, -0.2) is 13.2 Å². The fourth-order valence-electron chi connectivity index (χ4n) is 2.75. The van der Waals surface area contributed by atoms with Crippen molar-refractivity contribution in [3.8, 4) is 5.75 Å². The monoisotopic (exact) mass is 361 g/mol. The number of benzene rings is 2. The molecule has 7 heteroatoms. The molecule has 1 saturated heterocycles. The molecule has 0 saturated carbocycles. The zero-order valence-corrected chi connectivity index (χ0v) is 14.5. The lowest BCUT2D eigenvalue weighted by Gasteiger charge is -2.21. The van der Waals surface area contributed by atoms with Crippen molar-refractivity contribution in [3.63, 3.8) is 0 Å². The van der Waals surface area contributed by atoms with Crippen molar-refractivity contribution in [2.24, 2.45) is 0 Å². The second kappa shape index (κ2) is 7.14. The van der Waals surface area contributed by atoms with Crippen LogP contribution in [0.1, 0.15) is 10.4 Å². The summed E-state index contributed by atoms with van der Waals surface area (Å²) in [6, 6.07) is 15.2. The van der Waals surface area contributed by atoms with Crippen molar-refractivity contribution in [1.82, 2.24) is 0 Å². The molecule has 2 aromatic carbocycles. The van der Waals surface area contributed by atoms with Crippen LogP contribution in [0.3, 0.4) is 0 Å². The smallest absolute Gasteiger partial charge is 0.338 e. The first-order chi connectivity index (χ1) is 12.0. The largest absolute Gasteiger partial charge is 0.497 e. The molecule has 2 atom stereocenters. The Labute approximate surface area is 146 Å². The SMILES string of the molecule is COc1ccc(N[C@H]2CS(=O)(=O)C[C@@H]2OC(=O)c2ccccc2)cc1. The number of methoxy groups -OCH3 is 1. The van der Waals surface area contributed by atoms with Crippen LogP contribution in [0.4, 0.5) is 5.69 Å². The number of sulfone groups is 1. The van der Waals surface area contributed by atoms with E-state index in [4.69, 9.17) is 9.47 Å². The standard InChI is InChI=1S/C18H19NO5S/c1-23-15-9-7-14(8-10-15)19-16-11-25(21,22)12-17(16)24-18(20)13-5-3-2-4-6-13/h2-10,16-17,19H,11-12H2,1H3/t16-,17-/m0/s1. The summed E-state index contributed by atoms with van der Waals surface area (Å²) in [4.78, 5) is 12.2. The van der Waals surface area contributed by atoms with Crippen molar-refractivity contribution >= 4 is 21.5 Å². The van der Waals surface area contributed by atoms with Gasteiger partial charge in [0.05, 0.1) is 30.2 Å². The topological polar surface area (TPSA) is 81.7 Å². The van der Waals surface area contributed by atoms with E-state index in [1.54, 1.807) is 61.7 Å². The number of carbonyl (C=O) groups excluding carboxylic acids is 1. The van der Waals surface area contributed by atoms with E-state index in [1.807, 2.05) is 0 Å². The zero-order chi connectivity index (χ0) is 17.9. The second-order valence-electron chi connectivity index (χ2n) is 5.87. The first-order valence-corrected chi connectivity index (χ1v) is 9.66. The average Bonchev–Trinajstić information content (AvgIpc) is 2.89. The Balaban J connectivity index is 1.73. The maximum Gasteiger partial charge on any atom is 0.338 e. The second-order valence-corrected chi connectivity index (χ2v) is 8.02. The van der Waals surface area contributed by atoms with Crippen LogP contribution in [0, 0.1) is 0 Å². The van der Waals surface area contributed by atoms with E-state index in [2.05, 4.69) is 5.32 Å². The van der Waals surface area contributed by atoms with Crippen LogP contribution in [0.5, 0.6) is 5.75 Å². The van der Waals surface area contributed by atoms with Crippen molar-refractivity contribution < 1.29 is 22.7 Å². The minimum atomic E-state index is -3.27. The van der Waals surface area contributed by atoms with E-state index >= 15 is 0 Å². The third kappa shape index (κ3) is 4.30. The number of hydrogen-bond donors (Lipinski definition) is 1. The molecule has 132 valence electrons. The Morgan fingerprint density at radius 2 is 1.72 bits per heavy atom. The first kappa shape index (κ1) is 17.3. The lowest BCUT2D eigenvalue weighted by Crippen LogP contribution is -2.35. The molecule has 0 radical (unpaired) electrons. The minimum Gasteiger partial charge on any atom is -0.497 e. The number of esters is 1. The quantitative estimate of drug-likeness (QED) is 0.822. The fourth-order valence-corrected chi connectivity index (χ4v) is 4.53. The van der Waals surface area contributed by atoms with Crippen molar-refractivity contribution in [3.05, 3.63) is 60.2 Å². The van der Waals surface area contributed by atoms with E-state index in [0.717, 1.165) is 5.69 Å². The van der Waals surface area contributed by atoms with Crippen LogP contribution in [-0.4, -0.2) is 45.1 Å². The van der Waals surface area contributed by atoms with Gasteiger partial charge in [0.15, 0.2) is 9.84 Å². The lowest BCUT2D eigenvalue weighted by atomic mass is 10.2. The van der Waals surface area contributed by atoms with Gasteiger partial charge in [-0.1, -0.05) is 18.2 Å². The van der Waals surface area contributed by atoms with Crippen molar-refractivity contribution in [2.45, 2.75) is 12.1 Å². The van der Waals surface area contributed by atoms with Gasteiger partial charge in [0.2, 0.25) is 0 Å². The van der Waals surface area contributed by atoms with Crippen LogP contribution >= 0.6 is 0 Å². The van der Waals surface area contributed by atoms with Gasteiger partial charge >= 0.3 is 5.97 Å². The molecule has 1 aliphatic rings. The van der Waals surface area contributed by atoms with Crippen molar-refractivity contribution in [2.75, 3.05) is 23.9 Å². The van der Waals surface area contributed by atoms with E-state index in [9.17, 15) is 13.2 Å². The minimum absolute atomic E-state index is 0.0776. The lowest BCUT2D eigenvalue weighted by molar-refractivity contribution is 0.0336. The summed E-state index contributed by atoms with van der Waals surface area (Å²) in [6.45, 7) is 0. The van der Waals surface area contributed by atoms with Crippen LogP contribution in [0.15, 0.2) is 54.6 Å². The molecule has 0 unspecified atom stereocenters. The number of hydrogen-bond acceptors (Lipinski definition) is 6. The van der Waals surface area contributed by atoms with Gasteiger partial charge in [0.25, 0.3) is 0 Å². The molecule has 2 aromatic rings. The van der Waals surface area contributed by atoms with Gasteiger partial charge in [-0.3, -0.25) is 0 Å². The molecule has 1 aliphatic heterocycles. The molecule has 1 heterocycles. The highest BCUT2D eigenvalue weighted by atomic mass is 32.2. The van der Waals surface area contributed by atoms with Gasteiger partial charge in [0, 0.05) is 5.69 Å². The van der Waals surface area contributed by atoms with E-state index < -0.39 is 28.0 Å². The Bertz CT molecular complexity index is 834. The molecule has 0 aromatic heterocycles. The van der Waals surface area contributed by atoms with E-state index in [-0.39, 0.29) is 11.5 Å². The molecular formula is C18H19NO5S. The van der Waals surface area contributed by atoms with Crippen LogP contribution < -0.4 is 10.1 Å². The maximum absolute atomic E-state index is 12.2. The molecule has 6 nitrogen and oxygen atoms in total. The molecule has 0 bridgehead atoms. The highest BCUT2D eigenvalue weighted by Gasteiger charge is 2.40. The summed E-state index contributed by atoms with van der Waals surface area (Å²) in [5, 5.41) is 3.14. The summed E-state index contributed by atoms with van der Waals surface area (Å²) >= 11 is 0. The van der Waals surface area contributed by atoms with Crippen LogP contribution in [0.2, 0.25) is 0 Å². The van der Waals surface area contributed by atoms with Crippen LogP contribution in [0.25, 0.3) is 0 Å². The Kier molecular flexibility index (Phi) is 4.94. The number of rotatable bonds is 5. The summed E-state index contributed by atoms with van der Waals surface area (Å²) < 4.78 is 34.6. The van der Waals surface area contributed by atoms with Gasteiger partial charge in [-0.2, -0.15) is 0 Å². The summed E-state index contributed by atoms with van der Waals surface area (Å²) in [7, 11) is -1.70. The Morgan fingerprint density at radius 1 is 1.04 bits per heavy atom. The molecule has 1 fully saturated rings. The van der Waals surface area contributed by atoms with E-state index in [0.29, 0.717) is 11.3 Å². The summed E-state index contributed by atoms with van der Waals surface area (Å²) in [5.74, 6) is -0.0774. The van der Waals surface area contributed by atoms with E-state index in [1.165, 1.54) is 0 Å². The Hall–Kier alpha value is -2.54. The maximum atomic E-state index is 12.2. The summed E-state index contributed by atoms with van der Waals surface area (Å²) in [5.41, 5.74) is 1.14. The highest BCUT2D eigenvalue weighted by molar-refractivity contribution is 7.91. The number of anilines is 1. The summed E-state index contributed by atoms with van der Waals surface area (Å²) in [6.07, 6.45) is -0.736. The average molecular weight is 361 g/mol. The number of ether oxygens (including phenoxy) is 2. The van der Waals surface area contributed by atoms with Gasteiger partial charge in [-0.15, -0.1) is 0 Å². The predicted octanol–water partition coefficient (Wildman–Crippen LogP) is 2.13. The highest BCUT2D eigenvalue weighted by Crippen LogP contribution is 2.23. The predicted molar refractivity (Wildman–Crippen MR) is 94.7 cm³/mol.